The van der Waals surface area contributed by atoms with E-state index >= 15 is 0 Å². The van der Waals surface area contributed by atoms with Gasteiger partial charge in [-0.15, -0.1) is 11.3 Å². The maximum Gasteiger partial charge on any atom is 0.348 e. The minimum Gasteiger partial charge on any atom is -0.462 e. The van der Waals surface area contributed by atoms with E-state index in [1.54, 1.807) is 31.3 Å². The molecule has 0 aliphatic carbocycles. The van der Waals surface area contributed by atoms with Gasteiger partial charge in [-0.1, -0.05) is 6.08 Å². The predicted molar refractivity (Wildman–Crippen MR) is 94.2 cm³/mol. The van der Waals surface area contributed by atoms with Gasteiger partial charge < -0.3 is 9.72 Å². The van der Waals surface area contributed by atoms with Crippen LogP contribution in [0.4, 0.5) is 0 Å². The number of thiophene rings is 2. The summed E-state index contributed by atoms with van der Waals surface area (Å²) in [4.78, 5) is 32.4. The van der Waals surface area contributed by atoms with E-state index in [4.69, 9.17) is 4.74 Å². The highest BCUT2D eigenvalue weighted by Gasteiger charge is 2.19. The summed E-state index contributed by atoms with van der Waals surface area (Å²) in [6, 6.07) is 1.98. The summed E-state index contributed by atoms with van der Waals surface area (Å²) in [5.41, 5.74) is 1.42. The monoisotopic (exact) mass is 346 g/mol. The van der Waals surface area contributed by atoms with Crippen LogP contribution in [0, 0.1) is 6.92 Å². The van der Waals surface area contributed by atoms with Gasteiger partial charge in [0.05, 0.1) is 12.0 Å². The van der Waals surface area contributed by atoms with Crippen molar-refractivity contribution in [3.63, 3.8) is 0 Å². The molecule has 0 radical (unpaired) electrons. The van der Waals surface area contributed by atoms with Gasteiger partial charge in [0, 0.05) is 0 Å². The summed E-state index contributed by atoms with van der Waals surface area (Å²) in [7, 11) is 0. The molecule has 0 aliphatic heterocycles. The first-order chi connectivity index (χ1) is 11.1. The molecule has 1 N–H and O–H groups in total. The maximum atomic E-state index is 12.3. The number of aromatic nitrogens is 2. The van der Waals surface area contributed by atoms with Crippen molar-refractivity contribution in [3.05, 3.63) is 49.0 Å². The largest absolute Gasteiger partial charge is 0.462 e. The summed E-state index contributed by atoms with van der Waals surface area (Å²) in [6.45, 7) is 3.78. The number of carbonyl (C=O) groups excluding carboxylic acids is 1. The first-order valence-corrected chi connectivity index (χ1v) is 8.77. The van der Waals surface area contributed by atoms with E-state index in [0.717, 1.165) is 5.56 Å². The van der Waals surface area contributed by atoms with E-state index in [-0.39, 0.29) is 5.56 Å². The van der Waals surface area contributed by atoms with E-state index in [0.29, 0.717) is 33.1 Å². The third-order valence-corrected chi connectivity index (χ3v) is 5.12. The molecule has 0 amide bonds. The average molecular weight is 346 g/mol. The highest BCUT2D eigenvalue weighted by atomic mass is 32.1. The highest BCUT2D eigenvalue weighted by molar-refractivity contribution is 7.20. The van der Waals surface area contributed by atoms with Crippen molar-refractivity contribution in [2.24, 2.45) is 0 Å². The van der Waals surface area contributed by atoms with Crippen LogP contribution in [-0.2, 0) is 4.74 Å². The Bertz CT molecular complexity index is 936. The van der Waals surface area contributed by atoms with Crippen LogP contribution >= 0.6 is 22.7 Å². The molecule has 0 bridgehead atoms. The quantitative estimate of drug-likeness (QED) is 0.731. The second-order valence-electron chi connectivity index (χ2n) is 4.80. The molecule has 0 saturated carbocycles. The van der Waals surface area contributed by atoms with Crippen molar-refractivity contribution >= 4 is 51.0 Å². The molecular weight excluding hydrogens is 332 g/mol. The van der Waals surface area contributed by atoms with E-state index < -0.39 is 5.97 Å². The van der Waals surface area contributed by atoms with Crippen molar-refractivity contribution in [1.29, 1.82) is 0 Å². The van der Waals surface area contributed by atoms with Gasteiger partial charge in [-0.2, -0.15) is 11.3 Å². The van der Waals surface area contributed by atoms with Crippen LogP contribution in [0.5, 0.6) is 0 Å². The number of H-pyrrole nitrogens is 1. The first kappa shape index (κ1) is 15.6. The van der Waals surface area contributed by atoms with Gasteiger partial charge in [-0.05, 0) is 47.9 Å². The third-order valence-electron chi connectivity index (χ3n) is 3.26. The Morgan fingerprint density at radius 2 is 2.26 bits per heavy atom. The molecule has 0 aromatic carbocycles. The number of hydrogen-bond donors (Lipinski definition) is 1. The van der Waals surface area contributed by atoms with Gasteiger partial charge in [0.25, 0.3) is 5.56 Å². The lowest BCUT2D eigenvalue weighted by molar-refractivity contribution is 0.0531. The van der Waals surface area contributed by atoms with Gasteiger partial charge in [0.15, 0.2) is 0 Å². The zero-order valence-corrected chi connectivity index (χ0v) is 14.2. The third kappa shape index (κ3) is 3.11. The standard InChI is InChI=1S/C16H14N2O3S2/c1-3-21-16(20)13-9(2)12-14(19)17-11(18-15(12)23-13)5-4-10-6-7-22-8-10/h4-8H,3H2,1-2H3,(H,17,18,19)/b5-4+. The molecule has 0 aliphatic rings. The molecule has 3 aromatic heterocycles. The van der Waals surface area contributed by atoms with Crippen LogP contribution in [0.2, 0.25) is 0 Å². The predicted octanol–water partition coefficient (Wildman–Crippen LogP) is 3.70. The number of aromatic amines is 1. The van der Waals surface area contributed by atoms with Gasteiger partial charge in [0.2, 0.25) is 0 Å². The zero-order valence-electron chi connectivity index (χ0n) is 12.6. The zero-order chi connectivity index (χ0) is 16.4. The topological polar surface area (TPSA) is 72.0 Å². The van der Waals surface area contributed by atoms with Crippen LogP contribution in [0.15, 0.2) is 21.6 Å². The summed E-state index contributed by atoms with van der Waals surface area (Å²) in [6.07, 6.45) is 3.63. The van der Waals surface area contributed by atoms with E-state index in [2.05, 4.69) is 9.97 Å². The van der Waals surface area contributed by atoms with Crippen molar-refractivity contribution in [1.82, 2.24) is 9.97 Å². The molecule has 0 saturated heterocycles. The molecule has 0 unspecified atom stereocenters. The molecule has 3 aromatic rings. The molecule has 0 spiro atoms. The second-order valence-corrected chi connectivity index (χ2v) is 6.58. The highest BCUT2D eigenvalue weighted by Crippen LogP contribution is 2.27. The fourth-order valence-corrected chi connectivity index (χ4v) is 3.89. The number of carbonyl (C=O) groups is 1. The molecule has 0 atom stereocenters. The van der Waals surface area contributed by atoms with Crippen LogP contribution in [0.3, 0.4) is 0 Å². The molecule has 0 fully saturated rings. The number of esters is 1. The fraction of sp³-hybridized carbons (Fsp3) is 0.188. The molecule has 3 rings (SSSR count). The SMILES string of the molecule is CCOC(=O)c1sc2nc(/C=C/c3ccsc3)[nH]c(=O)c2c1C. The Balaban J connectivity index is 2.04. The lowest BCUT2D eigenvalue weighted by Crippen LogP contribution is -2.10. The van der Waals surface area contributed by atoms with E-state index in [9.17, 15) is 9.59 Å². The second kappa shape index (κ2) is 6.47. The summed E-state index contributed by atoms with van der Waals surface area (Å²) >= 11 is 2.79. The molecule has 5 nitrogen and oxygen atoms in total. The summed E-state index contributed by atoms with van der Waals surface area (Å²) in [5, 5.41) is 4.43. The van der Waals surface area contributed by atoms with Crippen molar-refractivity contribution in [3.8, 4) is 0 Å². The number of hydrogen-bond acceptors (Lipinski definition) is 6. The molecule has 3 heterocycles. The molecule has 7 heteroatoms. The van der Waals surface area contributed by atoms with Crippen molar-refractivity contribution in [2.75, 3.05) is 6.61 Å². The Morgan fingerprint density at radius 1 is 1.43 bits per heavy atom. The molecule has 118 valence electrons. The van der Waals surface area contributed by atoms with E-state index in [1.165, 1.54) is 11.3 Å². The Kier molecular flexibility index (Phi) is 4.40. The first-order valence-electron chi connectivity index (χ1n) is 7.01. The number of nitrogens with zero attached hydrogens (tertiary/aromatic N) is 1. The minimum atomic E-state index is -0.414. The number of aryl methyl sites for hydroxylation is 1. The van der Waals surface area contributed by atoms with Crippen LogP contribution in [0.25, 0.3) is 22.4 Å². The lowest BCUT2D eigenvalue weighted by atomic mass is 10.2. The van der Waals surface area contributed by atoms with Crippen molar-refractivity contribution in [2.45, 2.75) is 13.8 Å². The number of nitrogens with one attached hydrogen (secondary N) is 1. The normalized spacial score (nSPS) is 11.4. The summed E-state index contributed by atoms with van der Waals surface area (Å²) < 4.78 is 5.02. The van der Waals surface area contributed by atoms with Gasteiger partial charge in [-0.3, -0.25) is 4.79 Å². The van der Waals surface area contributed by atoms with Gasteiger partial charge >= 0.3 is 5.97 Å². The van der Waals surface area contributed by atoms with Gasteiger partial charge in [0.1, 0.15) is 15.5 Å². The number of rotatable bonds is 4. The van der Waals surface area contributed by atoms with Crippen molar-refractivity contribution < 1.29 is 9.53 Å². The van der Waals surface area contributed by atoms with Crippen LogP contribution in [-0.4, -0.2) is 22.5 Å². The molecular formula is C16H14N2O3S2. The minimum absolute atomic E-state index is 0.246. The van der Waals surface area contributed by atoms with E-state index in [1.807, 2.05) is 22.9 Å². The van der Waals surface area contributed by atoms with Crippen LogP contribution < -0.4 is 5.56 Å². The summed E-state index contributed by atoms with van der Waals surface area (Å²) in [5.74, 6) is 0.0492. The average Bonchev–Trinajstić information content (AvgIpc) is 3.13. The Labute approximate surface area is 140 Å². The lowest BCUT2D eigenvalue weighted by Gasteiger charge is -1.98. The van der Waals surface area contributed by atoms with Gasteiger partial charge in [-0.25, -0.2) is 9.78 Å². The smallest absolute Gasteiger partial charge is 0.348 e. The fourth-order valence-electron chi connectivity index (χ4n) is 2.18. The Hall–Kier alpha value is -2.25. The van der Waals surface area contributed by atoms with Crippen LogP contribution in [0.1, 0.15) is 33.5 Å². The maximum absolute atomic E-state index is 12.3. The number of ether oxygens (including phenoxy) is 1. The Morgan fingerprint density at radius 3 is 2.96 bits per heavy atom. The number of fused-ring (bicyclic) bond motifs is 1. The molecule has 23 heavy (non-hydrogen) atoms.